The molecule has 1 fully saturated rings. The second-order valence-electron chi connectivity index (χ2n) is 4.48. The molecule has 0 aromatic heterocycles. The van der Waals surface area contributed by atoms with Gasteiger partial charge in [-0.15, -0.1) is 0 Å². The summed E-state index contributed by atoms with van der Waals surface area (Å²) < 4.78 is 0. The molecule has 0 heterocycles. The van der Waals surface area contributed by atoms with Gasteiger partial charge in [0.25, 0.3) is 0 Å². The maximum Gasteiger partial charge on any atom is 0.0534 e. The molecule has 1 aliphatic carbocycles. The van der Waals surface area contributed by atoms with Crippen LogP contribution in [0.1, 0.15) is 49.3 Å². The molecule has 0 saturated heterocycles. The van der Waals surface area contributed by atoms with Crippen LogP contribution in [0.5, 0.6) is 0 Å². The molecule has 0 aliphatic heterocycles. The van der Waals surface area contributed by atoms with Crippen molar-refractivity contribution >= 4 is 0 Å². The van der Waals surface area contributed by atoms with E-state index in [1.54, 1.807) is 0 Å². The summed E-state index contributed by atoms with van der Waals surface area (Å²) in [6, 6.07) is 6.64. The van der Waals surface area contributed by atoms with Gasteiger partial charge in [-0.25, -0.2) is 0 Å². The first-order valence-corrected chi connectivity index (χ1v) is 5.82. The lowest BCUT2D eigenvalue weighted by molar-refractivity contribution is 0.315. The van der Waals surface area contributed by atoms with Gasteiger partial charge in [0, 0.05) is 5.92 Å². The molecule has 1 heteroatoms. The first-order valence-electron chi connectivity index (χ1n) is 5.82. The van der Waals surface area contributed by atoms with Crippen molar-refractivity contribution in [2.75, 3.05) is 6.61 Å². The Morgan fingerprint density at radius 3 is 2.67 bits per heavy atom. The molecule has 15 heavy (non-hydrogen) atoms. The largest absolute Gasteiger partial charge is 0.395 e. The molecule has 0 amide bonds. The molecule has 0 bridgehead atoms. The molecule has 1 N–H and O–H groups in total. The molecule has 1 aliphatic rings. The van der Waals surface area contributed by atoms with E-state index in [1.807, 2.05) is 6.92 Å². The van der Waals surface area contributed by atoms with Crippen molar-refractivity contribution in [3.05, 3.63) is 40.8 Å². The number of aliphatic hydroxyl groups is 1. The minimum Gasteiger partial charge on any atom is -0.395 e. The Balaban J connectivity index is 2.31. The Morgan fingerprint density at radius 2 is 2.13 bits per heavy atom. The quantitative estimate of drug-likeness (QED) is 0.797. The molecule has 1 aromatic carbocycles. The minimum absolute atomic E-state index is 0.162. The van der Waals surface area contributed by atoms with Gasteiger partial charge in [0.05, 0.1) is 6.61 Å². The van der Waals surface area contributed by atoms with E-state index in [9.17, 15) is 0 Å². The number of benzene rings is 1. The van der Waals surface area contributed by atoms with Crippen LogP contribution in [0.2, 0.25) is 0 Å². The van der Waals surface area contributed by atoms with Crippen LogP contribution < -0.4 is 0 Å². The zero-order valence-corrected chi connectivity index (χ0v) is 9.59. The van der Waals surface area contributed by atoms with E-state index in [4.69, 9.17) is 5.11 Å². The van der Waals surface area contributed by atoms with E-state index < -0.39 is 0 Å². The van der Waals surface area contributed by atoms with Crippen molar-refractivity contribution < 1.29 is 5.11 Å². The number of hydrogen-bond donors (Lipinski definition) is 1. The standard InChI is InChI=1S/C14H19O/c1-3-11-4-7-13(10(2)9-15)8-14(11)12-5-6-12/h4,7-8,12,15H,3,5-6,9H2,1-2H3. The fourth-order valence-electron chi connectivity index (χ4n) is 2.05. The molecular formula is C14H19O. The summed E-state index contributed by atoms with van der Waals surface area (Å²) in [5.41, 5.74) is 4.20. The van der Waals surface area contributed by atoms with Crippen LogP contribution in [0.4, 0.5) is 0 Å². The Labute approximate surface area is 92.1 Å². The summed E-state index contributed by atoms with van der Waals surface area (Å²) in [6.45, 7) is 4.37. The molecule has 0 unspecified atom stereocenters. The molecule has 0 spiro atoms. The third-order valence-corrected chi connectivity index (χ3v) is 3.27. The smallest absolute Gasteiger partial charge is 0.0534 e. The van der Waals surface area contributed by atoms with E-state index in [2.05, 4.69) is 25.1 Å². The molecule has 1 saturated carbocycles. The fraction of sp³-hybridized carbons (Fsp3) is 0.500. The maximum atomic E-state index is 9.12. The first-order chi connectivity index (χ1) is 7.26. The normalized spacial score (nSPS) is 16.0. The SMILES string of the molecule is CCc1ccc([C](C)CO)cc1C1CC1. The lowest BCUT2D eigenvalue weighted by Crippen LogP contribution is -2.02. The highest BCUT2D eigenvalue weighted by atomic mass is 16.3. The van der Waals surface area contributed by atoms with Crippen LogP contribution in [-0.2, 0) is 6.42 Å². The van der Waals surface area contributed by atoms with Gasteiger partial charge in [-0.2, -0.15) is 0 Å². The lowest BCUT2D eigenvalue weighted by Gasteiger charge is -2.13. The third kappa shape index (κ3) is 2.23. The fourth-order valence-corrected chi connectivity index (χ4v) is 2.05. The summed E-state index contributed by atoms with van der Waals surface area (Å²) in [5.74, 6) is 1.87. The topological polar surface area (TPSA) is 20.2 Å². The van der Waals surface area contributed by atoms with Gasteiger partial charge in [-0.05, 0) is 41.9 Å². The van der Waals surface area contributed by atoms with E-state index in [-0.39, 0.29) is 6.61 Å². The van der Waals surface area contributed by atoms with Gasteiger partial charge >= 0.3 is 0 Å². The summed E-state index contributed by atoms with van der Waals surface area (Å²) >= 11 is 0. The van der Waals surface area contributed by atoms with Crippen molar-refractivity contribution in [2.24, 2.45) is 0 Å². The Hall–Kier alpha value is -0.820. The molecule has 1 nitrogen and oxygen atoms in total. The number of hydrogen-bond acceptors (Lipinski definition) is 1. The highest BCUT2D eigenvalue weighted by Crippen LogP contribution is 2.42. The predicted molar refractivity (Wildman–Crippen MR) is 62.9 cm³/mol. The summed E-state index contributed by atoms with van der Waals surface area (Å²) in [6.07, 6.45) is 3.80. The first kappa shape index (κ1) is 10.7. The zero-order chi connectivity index (χ0) is 10.8. The average molecular weight is 203 g/mol. The van der Waals surface area contributed by atoms with Gasteiger partial charge in [0.15, 0.2) is 0 Å². The molecular weight excluding hydrogens is 184 g/mol. The second kappa shape index (κ2) is 4.36. The molecule has 1 radical (unpaired) electrons. The third-order valence-electron chi connectivity index (χ3n) is 3.27. The highest BCUT2D eigenvalue weighted by Gasteiger charge is 2.26. The highest BCUT2D eigenvalue weighted by molar-refractivity contribution is 5.41. The Kier molecular flexibility index (Phi) is 3.11. The lowest BCUT2D eigenvalue weighted by atomic mass is 9.93. The number of rotatable bonds is 4. The van der Waals surface area contributed by atoms with Crippen LogP contribution >= 0.6 is 0 Å². The van der Waals surface area contributed by atoms with Crippen molar-refractivity contribution in [3.8, 4) is 0 Å². The number of aryl methyl sites for hydroxylation is 1. The van der Waals surface area contributed by atoms with Gasteiger partial charge < -0.3 is 5.11 Å². The zero-order valence-electron chi connectivity index (χ0n) is 9.59. The van der Waals surface area contributed by atoms with Crippen molar-refractivity contribution in [3.63, 3.8) is 0 Å². The summed E-state index contributed by atoms with van der Waals surface area (Å²) in [7, 11) is 0. The van der Waals surface area contributed by atoms with Crippen LogP contribution in [0.3, 0.4) is 0 Å². The van der Waals surface area contributed by atoms with E-state index in [0.29, 0.717) is 0 Å². The second-order valence-corrected chi connectivity index (χ2v) is 4.48. The molecule has 2 rings (SSSR count). The van der Waals surface area contributed by atoms with Crippen molar-refractivity contribution in [2.45, 2.75) is 39.0 Å². The monoisotopic (exact) mass is 203 g/mol. The minimum atomic E-state index is 0.162. The molecule has 0 atom stereocenters. The van der Waals surface area contributed by atoms with E-state index in [0.717, 1.165) is 18.3 Å². The van der Waals surface area contributed by atoms with Gasteiger partial charge in [-0.3, -0.25) is 0 Å². The van der Waals surface area contributed by atoms with Crippen LogP contribution in [0.25, 0.3) is 0 Å². The Bertz CT molecular complexity index is 339. The van der Waals surface area contributed by atoms with E-state index in [1.165, 1.54) is 29.5 Å². The predicted octanol–water partition coefficient (Wildman–Crippen LogP) is 3.06. The van der Waals surface area contributed by atoms with Gasteiger partial charge in [0.2, 0.25) is 0 Å². The average Bonchev–Trinajstić information content (AvgIpc) is 3.11. The van der Waals surface area contributed by atoms with Gasteiger partial charge in [0.1, 0.15) is 0 Å². The summed E-state index contributed by atoms with van der Waals surface area (Å²) in [4.78, 5) is 0. The van der Waals surface area contributed by atoms with Crippen LogP contribution in [0.15, 0.2) is 18.2 Å². The van der Waals surface area contributed by atoms with Crippen LogP contribution in [0, 0.1) is 5.92 Å². The molecule has 1 aromatic rings. The Morgan fingerprint density at radius 1 is 1.40 bits per heavy atom. The number of aliphatic hydroxyl groups excluding tert-OH is 1. The summed E-state index contributed by atoms with van der Waals surface area (Å²) in [5, 5.41) is 9.12. The van der Waals surface area contributed by atoms with Crippen LogP contribution in [-0.4, -0.2) is 11.7 Å². The van der Waals surface area contributed by atoms with Crippen molar-refractivity contribution in [1.29, 1.82) is 0 Å². The maximum absolute atomic E-state index is 9.12. The van der Waals surface area contributed by atoms with Gasteiger partial charge in [-0.1, -0.05) is 32.0 Å². The van der Waals surface area contributed by atoms with Crippen molar-refractivity contribution in [1.82, 2.24) is 0 Å². The van der Waals surface area contributed by atoms with E-state index >= 15 is 0 Å². The molecule has 81 valence electrons.